The van der Waals surface area contributed by atoms with Gasteiger partial charge in [-0.1, -0.05) is 17.7 Å². The molecule has 0 aliphatic carbocycles. The molecule has 23 heavy (non-hydrogen) atoms. The molecule has 0 atom stereocenters. The maximum atomic E-state index is 11.9. The van der Waals surface area contributed by atoms with Gasteiger partial charge in [0.2, 0.25) is 5.95 Å². The molecule has 0 aliphatic rings. The van der Waals surface area contributed by atoms with Crippen molar-refractivity contribution >= 4 is 23.5 Å². The first-order valence-corrected chi connectivity index (χ1v) is 7.55. The minimum atomic E-state index is -0.340. The second-order valence-corrected chi connectivity index (χ2v) is 5.81. The van der Waals surface area contributed by atoms with E-state index in [1.807, 2.05) is 32.0 Å². The fourth-order valence-electron chi connectivity index (χ4n) is 1.79. The van der Waals surface area contributed by atoms with E-state index in [1.54, 1.807) is 23.1 Å². The molecule has 1 amide bonds. The number of benzene rings is 1. The SMILES string of the molecule is Cc1ccc(Cl)c(OCC(=O)Nc2ncn(CCN(C)C)n2)c1. The van der Waals surface area contributed by atoms with E-state index in [0.29, 0.717) is 17.3 Å². The molecule has 0 radical (unpaired) electrons. The maximum Gasteiger partial charge on any atom is 0.264 e. The van der Waals surface area contributed by atoms with E-state index in [0.717, 1.165) is 12.1 Å². The van der Waals surface area contributed by atoms with Crippen LogP contribution in [0.25, 0.3) is 0 Å². The summed E-state index contributed by atoms with van der Waals surface area (Å²) in [6, 6.07) is 5.39. The molecule has 1 aromatic carbocycles. The number of anilines is 1. The van der Waals surface area contributed by atoms with Gasteiger partial charge in [-0.05, 0) is 38.7 Å². The second kappa shape index (κ2) is 7.94. The summed E-state index contributed by atoms with van der Waals surface area (Å²) in [6.45, 7) is 3.31. The van der Waals surface area contributed by atoms with Crippen molar-refractivity contribution in [2.75, 3.05) is 32.6 Å². The quantitative estimate of drug-likeness (QED) is 0.834. The summed E-state index contributed by atoms with van der Waals surface area (Å²) >= 11 is 6.01. The average Bonchev–Trinajstić information content (AvgIpc) is 2.93. The third-order valence-electron chi connectivity index (χ3n) is 3.01. The number of hydrogen-bond donors (Lipinski definition) is 1. The first-order valence-electron chi connectivity index (χ1n) is 7.17. The van der Waals surface area contributed by atoms with Gasteiger partial charge in [0.05, 0.1) is 11.6 Å². The zero-order chi connectivity index (χ0) is 16.8. The number of aromatic nitrogens is 3. The fourth-order valence-corrected chi connectivity index (χ4v) is 1.96. The van der Waals surface area contributed by atoms with E-state index >= 15 is 0 Å². The smallest absolute Gasteiger partial charge is 0.264 e. The molecule has 0 saturated carbocycles. The molecule has 0 saturated heterocycles. The van der Waals surface area contributed by atoms with E-state index in [-0.39, 0.29) is 18.5 Å². The van der Waals surface area contributed by atoms with E-state index < -0.39 is 0 Å². The Morgan fingerprint density at radius 1 is 1.43 bits per heavy atom. The van der Waals surface area contributed by atoms with E-state index in [1.165, 1.54) is 0 Å². The van der Waals surface area contributed by atoms with Gasteiger partial charge in [-0.3, -0.25) is 10.1 Å². The van der Waals surface area contributed by atoms with Crippen LogP contribution in [-0.2, 0) is 11.3 Å². The number of hydrogen-bond acceptors (Lipinski definition) is 5. The van der Waals surface area contributed by atoms with Gasteiger partial charge in [-0.25, -0.2) is 9.67 Å². The predicted molar refractivity (Wildman–Crippen MR) is 88.9 cm³/mol. The van der Waals surface area contributed by atoms with Crippen molar-refractivity contribution in [3.63, 3.8) is 0 Å². The van der Waals surface area contributed by atoms with Gasteiger partial charge in [0.1, 0.15) is 12.1 Å². The van der Waals surface area contributed by atoms with Gasteiger partial charge >= 0.3 is 0 Å². The summed E-state index contributed by atoms with van der Waals surface area (Å²) in [7, 11) is 3.96. The van der Waals surface area contributed by atoms with Crippen LogP contribution in [0.15, 0.2) is 24.5 Å². The summed E-state index contributed by atoms with van der Waals surface area (Å²) < 4.78 is 7.10. The Balaban J connectivity index is 1.84. The van der Waals surface area contributed by atoms with Crippen LogP contribution >= 0.6 is 11.6 Å². The molecule has 8 heteroatoms. The van der Waals surface area contributed by atoms with Gasteiger partial charge < -0.3 is 9.64 Å². The van der Waals surface area contributed by atoms with Crippen molar-refractivity contribution < 1.29 is 9.53 Å². The number of nitrogens with zero attached hydrogens (tertiary/aromatic N) is 4. The zero-order valence-corrected chi connectivity index (χ0v) is 14.2. The lowest BCUT2D eigenvalue weighted by Crippen LogP contribution is -2.21. The maximum absolute atomic E-state index is 11.9. The lowest BCUT2D eigenvalue weighted by Gasteiger charge is -2.08. The van der Waals surface area contributed by atoms with Crippen LogP contribution in [0.3, 0.4) is 0 Å². The zero-order valence-electron chi connectivity index (χ0n) is 13.4. The number of rotatable bonds is 7. The average molecular weight is 338 g/mol. The van der Waals surface area contributed by atoms with Crippen molar-refractivity contribution in [1.29, 1.82) is 0 Å². The highest BCUT2D eigenvalue weighted by Crippen LogP contribution is 2.25. The number of aryl methyl sites for hydroxylation is 1. The molecule has 0 unspecified atom stereocenters. The van der Waals surface area contributed by atoms with E-state index in [2.05, 4.69) is 15.4 Å². The largest absolute Gasteiger partial charge is 0.482 e. The molecule has 1 heterocycles. The van der Waals surface area contributed by atoms with Gasteiger partial charge in [-0.15, -0.1) is 5.10 Å². The third kappa shape index (κ3) is 5.54. The minimum absolute atomic E-state index is 0.157. The summed E-state index contributed by atoms with van der Waals surface area (Å²) in [4.78, 5) is 18.0. The Labute approximate surface area is 140 Å². The van der Waals surface area contributed by atoms with Gasteiger partial charge in [0.25, 0.3) is 5.91 Å². The Bertz CT molecular complexity index is 672. The standard InChI is InChI=1S/C15H20ClN5O2/c1-11-4-5-12(16)13(8-11)23-9-14(22)18-15-17-10-21(19-15)7-6-20(2)3/h4-5,8,10H,6-7,9H2,1-3H3,(H,18,19,22). The van der Waals surface area contributed by atoms with Crippen molar-refractivity contribution in [2.45, 2.75) is 13.5 Å². The number of halogens is 1. The summed E-state index contributed by atoms with van der Waals surface area (Å²) in [5, 5.41) is 7.23. The second-order valence-electron chi connectivity index (χ2n) is 5.41. The number of nitrogens with one attached hydrogen (secondary N) is 1. The monoisotopic (exact) mass is 337 g/mol. The number of carbonyl (C=O) groups is 1. The third-order valence-corrected chi connectivity index (χ3v) is 3.32. The molecular formula is C15H20ClN5O2. The number of carbonyl (C=O) groups excluding carboxylic acids is 1. The lowest BCUT2D eigenvalue weighted by molar-refractivity contribution is -0.118. The van der Waals surface area contributed by atoms with Gasteiger partial charge in [-0.2, -0.15) is 0 Å². The van der Waals surface area contributed by atoms with Crippen molar-refractivity contribution in [3.8, 4) is 5.75 Å². The van der Waals surface area contributed by atoms with Crippen molar-refractivity contribution in [3.05, 3.63) is 35.1 Å². The first kappa shape index (κ1) is 17.2. The Morgan fingerprint density at radius 3 is 2.96 bits per heavy atom. The van der Waals surface area contributed by atoms with Gasteiger partial charge in [0.15, 0.2) is 6.61 Å². The summed E-state index contributed by atoms with van der Waals surface area (Å²) in [6.07, 6.45) is 1.58. The molecule has 1 N–H and O–H groups in total. The normalized spacial score (nSPS) is 10.8. The molecular weight excluding hydrogens is 318 g/mol. The van der Waals surface area contributed by atoms with Crippen LogP contribution in [0.2, 0.25) is 5.02 Å². The molecule has 2 rings (SSSR count). The number of ether oxygens (including phenoxy) is 1. The molecule has 124 valence electrons. The highest BCUT2D eigenvalue weighted by molar-refractivity contribution is 6.32. The molecule has 2 aromatic rings. The minimum Gasteiger partial charge on any atom is -0.482 e. The first-order chi connectivity index (χ1) is 10.9. The van der Waals surface area contributed by atoms with Crippen LogP contribution in [0, 0.1) is 6.92 Å². The lowest BCUT2D eigenvalue weighted by atomic mass is 10.2. The van der Waals surface area contributed by atoms with Crippen LogP contribution in [-0.4, -0.2) is 52.8 Å². The molecule has 0 spiro atoms. The molecule has 0 aliphatic heterocycles. The fraction of sp³-hybridized carbons (Fsp3) is 0.400. The van der Waals surface area contributed by atoms with Crippen molar-refractivity contribution in [1.82, 2.24) is 19.7 Å². The molecule has 0 bridgehead atoms. The van der Waals surface area contributed by atoms with Crippen LogP contribution < -0.4 is 10.1 Å². The van der Waals surface area contributed by atoms with E-state index in [4.69, 9.17) is 16.3 Å². The predicted octanol–water partition coefficient (Wildman–Crippen LogP) is 1.82. The Kier molecular flexibility index (Phi) is 5.95. The number of amides is 1. The Morgan fingerprint density at radius 2 is 2.22 bits per heavy atom. The highest BCUT2D eigenvalue weighted by Gasteiger charge is 2.09. The van der Waals surface area contributed by atoms with Crippen LogP contribution in [0.5, 0.6) is 5.75 Å². The summed E-state index contributed by atoms with van der Waals surface area (Å²) in [5.41, 5.74) is 1.01. The number of likely N-dealkylation sites (N-methyl/N-ethyl adjacent to an activating group) is 1. The highest BCUT2D eigenvalue weighted by atomic mass is 35.5. The summed E-state index contributed by atoms with van der Waals surface area (Å²) in [5.74, 6) is 0.395. The van der Waals surface area contributed by atoms with E-state index in [9.17, 15) is 4.79 Å². The molecule has 7 nitrogen and oxygen atoms in total. The van der Waals surface area contributed by atoms with Crippen molar-refractivity contribution in [2.24, 2.45) is 0 Å². The van der Waals surface area contributed by atoms with Gasteiger partial charge in [0, 0.05) is 6.54 Å². The Hall–Kier alpha value is -2.12. The van der Waals surface area contributed by atoms with Crippen LogP contribution in [0.1, 0.15) is 5.56 Å². The molecule has 1 aromatic heterocycles. The van der Waals surface area contributed by atoms with Crippen LogP contribution in [0.4, 0.5) is 5.95 Å². The topological polar surface area (TPSA) is 72.3 Å². The molecule has 0 fully saturated rings.